The van der Waals surface area contributed by atoms with Crippen LogP contribution in [0.3, 0.4) is 0 Å². The number of hydrogen-bond donors (Lipinski definition) is 2. The largest absolute Gasteiger partial charge is 0.480 e. The van der Waals surface area contributed by atoms with Crippen LogP contribution in [0.4, 0.5) is 18.3 Å². The number of carbonyl (C=O) groups is 1. The number of rotatable bonds is 4. The molecule has 0 saturated heterocycles. The van der Waals surface area contributed by atoms with Crippen molar-refractivity contribution in [1.82, 2.24) is 4.98 Å². The van der Waals surface area contributed by atoms with Crippen molar-refractivity contribution in [2.75, 3.05) is 5.32 Å². The van der Waals surface area contributed by atoms with E-state index in [9.17, 15) is 18.0 Å². The van der Waals surface area contributed by atoms with Gasteiger partial charge in [0.15, 0.2) is 10.8 Å². The Bertz CT molecular complexity index is 403. The molecule has 1 rings (SSSR count). The Morgan fingerprint density at radius 3 is 2.47 bits per heavy atom. The van der Waals surface area contributed by atoms with E-state index in [0.29, 0.717) is 0 Å². The van der Waals surface area contributed by atoms with Gasteiger partial charge in [0, 0.05) is 5.38 Å². The predicted octanol–water partition coefficient (Wildman–Crippen LogP) is 2.68. The summed E-state index contributed by atoms with van der Waals surface area (Å²) in [6, 6.07) is -0.956. The van der Waals surface area contributed by atoms with Gasteiger partial charge < -0.3 is 10.4 Å². The van der Waals surface area contributed by atoms with Crippen LogP contribution >= 0.6 is 11.3 Å². The number of halogens is 3. The summed E-state index contributed by atoms with van der Waals surface area (Å²) in [6.07, 6.45) is -4.51. The van der Waals surface area contributed by atoms with Crippen LogP contribution in [0.15, 0.2) is 5.38 Å². The number of hydrogen-bond acceptors (Lipinski definition) is 4. The van der Waals surface area contributed by atoms with E-state index in [-0.39, 0.29) is 11.0 Å². The van der Waals surface area contributed by atoms with Gasteiger partial charge in [-0.15, -0.1) is 11.3 Å². The minimum atomic E-state index is -4.51. The number of carboxylic acids is 1. The van der Waals surface area contributed by atoms with Crippen molar-refractivity contribution in [3.05, 3.63) is 11.1 Å². The van der Waals surface area contributed by atoms with Crippen molar-refractivity contribution >= 4 is 22.4 Å². The maximum absolute atomic E-state index is 12.3. The van der Waals surface area contributed by atoms with Crippen molar-refractivity contribution in [3.63, 3.8) is 0 Å². The average molecular weight is 268 g/mol. The predicted molar refractivity (Wildman–Crippen MR) is 57.0 cm³/mol. The first-order valence-corrected chi connectivity index (χ1v) is 5.62. The van der Waals surface area contributed by atoms with Crippen LogP contribution in [0.5, 0.6) is 0 Å². The number of aromatic nitrogens is 1. The Morgan fingerprint density at radius 1 is 1.53 bits per heavy atom. The number of anilines is 1. The molecule has 0 aliphatic rings. The molecule has 0 spiro atoms. The van der Waals surface area contributed by atoms with E-state index in [0.717, 1.165) is 16.7 Å². The van der Waals surface area contributed by atoms with E-state index < -0.39 is 23.9 Å². The van der Waals surface area contributed by atoms with Gasteiger partial charge in [0.2, 0.25) is 0 Å². The standard InChI is InChI=1S/C9H11F3N2O2S/c1-4(2)6(7(15)16)14-8-13-5(3-17-8)9(10,11)12/h3-4,6H,1-2H3,(H,13,14)(H,15,16)/t6-/m1/s1. The lowest BCUT2D eigenvalue weighted by Crippen LogP contribution is -2.34. The summed E-state index contributed by atoms with van der Waals surface area (Å²) in [5.74, 6) is -1.38. The lowest BCUT2D eigenvalue weighted by atomic mass is 10.1. The lowest BCUT2D eigenvalue weighted by Gasteiger charge is -2.16. The van der Waals surface area contributed by atoms with E-state index in [1.165, 1.54) is 0 Å². The second-order valence-corrected chi connectivity index (χ2v) is 4.60. The number of nitrogens with one attached hydrogen (secondary N) is 1. The number of alkyl halides is 3. The summed E-state index contributed by atoms with van der Waals surface area (Å²) >= 11 is 0.734. The van der Waals surface area contributed by atoms with Crippen LogP contribution in [-0.4, -0.2) is 22.1 Å². The van der Waals surface area contributed by atoms with E-state index >= 15 is 0 Å². The Kier molecular flexibility index (Phi) is 3.97. The number of carboxylic acid groups (broad SMARTS) is 1. The van der Waals surface area contributed by atoms with E-state index in [1.54, 1.807) is 13.8 Å². The van der Waals surface area contributed by atoms with Crippen molar-refractivity contribution in [2.24, 2.45) is 5.92 Å². The zero-order valence-corrected chi connectivity index (χ0v) is 9.89. The summed E-state index contributed by atoms with van der Waals surface area (Å²) in [5.41, 5.74) is -1.02. The smallest absolute Gasteiger partial charge is 0.434 e. The maximum Gasteiger partial charge on any atom is 0.434 e. The summed E-state index contributed by atoms with van der Waals surface area (Å²) in [5, 5.41) is 12.1. The van der Waals surface area contributed by atoms with Gasteiger partial charge in [-0.05, 0) is 5.92 Å². The van der Waals surface area contributed by atoms with E-state index in [2.05, 4.69) is 10.3 Å². The molecule has 2 N–H and O–H groups in total. The molecule has 0 fully saturated rings. The van der Waals surface area contributed by atoms with Gasteiger partial charge in [0.1, 0.15) is 6.04 Å². The SMILES string of the molecule is CC(C)[C@@H](Nc1nc(C(F)(F)F)cs1)C(=O)O. The first-order valence-electron chi connectivity index (χ1n) is 4.74. The zero-order chi connectivity index (χ0) is 13.2. The minimum absolute atomic E-state index is 0.0431. The third-order valence-electron chi connectivity index (χ3n) is 2.01. The van der Waals surface area contributed by atoms with Crippen LogP contribution in [0.1, 0.15) is 19.5 Å². The highest BCUT2D eigenvalue weighted by atomic mass is 32.1. The molecule has 96 valence electrons. The quantitative estimate of drug-likeness (QED) is 0.881. The monoisotopic (exact) mass is 268 g/mol. The van der Waals surface area contributed by atoms with Crippen molar-refractivity contribution < 1.29 is 23.1 Å². The Labute approximate surface area is 99.5 Å². The molecule has 1 aromatic rings. The summed E-state index contributed by atoms with van der Waals surface area (Å²) < 4.78 is 36.8. The molecule has 1 atom stereocenters. The molecule has 0 aromatic carbocycles. The molecule has 0 aliphatic heterocycles. The summed E-state index contributed by atoms with van der Waals surface area (Å²) in [7, 11) is 0. The minimum Gasteiger partial charge on any atom is -0.480 e. The molecule has 4 nitrogen and oxygen atoms in total. The van der Waals surface area contributed by atoms with Crippen molar-refractivity contribution in [2.45, 2.75) is 26.1 Å². The fourth-order valence-corrected chi connectivity index (χ4v) is 1.87. The van der Waals surface area contributed by atoms with Crippen LogP contribution in [-0.2, 0) is 11.0 Å². The third kappa shape index (κ3) is 3.58. The molecule has 1 heterocycles. The Morgan fingerprint density at radius 2 is 2.12 bits per heavy atom. The first-order chi connectivity index (χ1) is 7.71. The molecule has 0 aliphatic carbocycles. The summed E-state index contributed by atoms with van der Waals surface area (Å²) in [6.45, 7) is 3.31. The third-order valence-corrected chi connectivity index (χ3v) is 2.78. The first kappa shape index (κ1) is 13.8. The number of nitrogens with zero attached hydrogens (tertiary/aromatic N) is 1. The molecule has 17 heavy (non-hydrogen) atoms. The molecular formula is C9H11F3N2O2S. The molecule has 0 amide bonds. The van der Waals surface area contributed by atoms with Crippen LogP contribution in [0.2, 0.25) is 0 Å². The van der Waals surface area contributed by atoms with Gasteiger partial charge in [-0.3, -0.25) is 0 Å². The highest BCUT2D eigenvalue weighted by Gasteiger charge is 2.34. The number of thiazole rings is 1. The van der Waals surface area contributed by atoms with E-state index in [4.69, 9.17) is 5.11 Å². The van der Waals surface area contributed by atoms with Gasteiger partial charge >= 0.3 is 12.1 Å². The van der Waals surface area contributed by atoms with Gasteiger partial charge in [0.25, 0.3) is 0 Å². The topological polar surface area (TPSA) is 62.2 Å². The maximum atomic E-state index is 12.3. The molecule has 8 heteroatoms. The normalized spacial score (nSPS) is 13.8. The van der Waals surface area contributed by atoms with Crippen LogP contribution in [0.25, 0.3) is 0 Å². The van der Waals surface area contributed by atoms with Gasteiger partial charge in [-0.2, -0.15) is 13.2 Å². The fourth-order valence-electron chi connectivity index (χ4n) is 1.12. The molecule has 0 radical (unpaired) electrons. The number of aliphatic carboxylic acids is 1. The molecule has 0 saturated carbocycles. The molecule has 1 aromatic heterocycles. The molecule has 0 bridgehead atoms. The van der Waals surface area contributed by atoms with Gasteiger partial charge in [-0.25, -0.2) is 9.78 Å². The average Bonchev–Trinajstić information content (AvgIpc) is 2.60. The Hall–Kier alpha value is -1.31. The lowest BCUT2D eigenvalue weighted by molar-refractivity contribution is -0.140. The molecule has 0 unspecified atom stereocenters. The van der Waals surface area contributed by atoms with Crippen LogP contribution in [0, 0.1) is 5.92 Å². The fraction of sp³-hybridized carbons (Fsp3) is 0.556. The van der Waals surface area contributed by atoms with Crippen molar-refractivity contribution in [3.8, 4) is 0 Å². The van der Waals surface area contributed by atoms with Crippen LogP contribution < -0.4 is 5.32 Å². The second kappa shape index (κ2) is 4.91. The Balaban J connectivity index is 2.81. The highest BCUT2D eigenvalue weighted by Crippen LogP contribution is 2.32. The molecular weight excluding hydrogens is 257 g/mol. The van der Waals surface area contributed by atoms with Gasteiger partial charge in [0.05, 0.1) is 0 Å². The zero-order valence-electron chi connectivity index (χ0n) is 9.08. The highest BCUT2D eigenvalue weighted by molar-refractivity contribution is 7.13. The second-order valence-electron chi connectivity index (χ2n) is 3.74. The van der Waals surface area contributed by atoms with Crippen molar-refractivity contribution in [1.29, 1.82) is 0 Å². The summed E-state index contributed by atoms with van der Waals surface area (Å²) in [4.78, 5) is 14.1. The van der Waals surface area contributed by atoms with Gasteiger partial charge in [-0.1, -0.05) is 13.8 Å². The van der Waals surface area contributed by atoms with E-state index in [1.807, 2.05) is 0 Å².